The third kappa shape index (κ3) is 0.723. The predicted octanol–water partition coefficient (Wildman–Crippen LogP) is 2.52. The van der Waals surface area contributed by atoms with E-state index in [1.165, 1.54) is 54.9 Å². The molecule has 0 aliphatic heterocycles. The SMILES string of the molecule is CCCCNC1C2C3CC4C5C3CC2C5C41. The zero-order valence-corrected chi connectivity index (χ0v) is 10.2. The molecule has 0 radical (unpaired) electrons. The minimum Gasteiger partial charge on any atom is -0.313 e. The standard InChI is InChI=1S/C15H23N/c1-2-3-4-16-15-12-8-6-9-11-7(8)5-10(12)13(11)14(9)15/h7-16H,2-6H2,1H3. The maximum atomic E-state index is 3.96. The van der Waals surface area contributed by atoms with Crippen molar-refractivity contribution in [2.75, 3.05) is 6.54 Å². The second-order valence-electron chi connectivity index (χ2n) is 7.27. The fraction of sp³-hybridized carbons (Fsp3) is 1.00. The monoisotopic (exact) mass is 217 g/mol. The highest BCUT2D eigenvalue weighted by Gasteiger charge is 2.80. The zero-order valence-electron chi connectivity index (χ0n) is 10.2. The average molecular weight is 217 g/mol. The first-order valence-electron chi connectivity index (χ1n) is 7.65. The molecule has 5 fully saturated rings. The van der Waals surface area contributed by atoms with Gasteiger partial charge in [0.2, 0.25) is 0 Å². The number of hydrogen-bond acceptors (Lipinski definition) is 1. The van der Waals surface area contributed by atoms with Gasteiger partial charge in [0.05, 0.1) is 0 Å². The van der Waals surface area contributed by atoms with E-state index in [9.17, 15) is 0 Å². The van der Waals surface area contributed by atoms with Crippen LogP contribution in [-0.2, 0) is 0 Å². The molecule has 1 nitrogen and oxygen atoms in total. The summed E-state index contributed by atoms with van der Waals surface area (Å²) in [6.45, 7) is 3.60. The Morgan fingerprint density at radius 1 is 0.875 bits per heavy atom. The van der Waals surface area contributed by atoms with E-state index in [-0.39, 0.29) is 0 Å². The number of unbranched alkanes of at least 4 members (excludes halogenated alkanes) is 1. The van der Waals surface area contributed by atoms with E-state index in [0.717, 1.165) is 17.9 Å². The third-order valence-corrected chi connectivity index (χ3v) is 7.23. The van der Waals surface area contributed by atoms with Gasteiger partial charge in [-0.1, -0.05) is 13.3 Å². The molecule has 0 heterocycles. The van der Waals surface area contributed by atoms with E-state index >= 15 is 0 Å². The van der Waals surface area contributed by atoms with Crippen LogP contribution in [0.1, 0.15) is 32.6 Å². The van der Waals surface area contributed by atoms with E-state index in [1.807, 2.05) is 0 Å². The van der Waals surface area contributed by atoms with Crippen molar-refractivity contribution in [1.82, 2.24) is 5.32 Å². The van der Waals surface area contributed by atoms with Crippen LogP contribution in [0.5, 0.6) is 0 Å². The van der Waals surface area contributed by atoms with Crippen LogP contribution in [0.15, 0.2) is 0 Å². The molecule has 16 heavy (non-hydrogen) atoms. The molecule has 5 rings (SSSR count). The Balaban J connectivity index is 1.43. The van der Waals surface area contributed by atoms with Crippen LogP contribution < -0.4 is 5.32 Å². The first kappa shape index (κ1) is 8.97. The van der Waals surface area contributed by atoms with Crippen molar-refractivity contribution >= 4 is 0 Å². The average Bonchev–Trinajstić information content (AvgIpc) is 2.77. The molecule has 0 aromatic carbocycles. The Hall–Kier alpha value is -0.0400. The van der Waals surface area contributed by atoms with Crippen molar-refractivity contribution in [1.29, 1.82) is 0 Å². The number of nitrogens with one attached hydrogen (secondary N) is 1. The van der Waals surface area contributed by atoms with Crippen LogP contribution in [0.25, 0.3) is 0 Å². The molecule has 1 N–H and O–H groups in total. The summed E-state index contributed by atoms with van der Waals surface area (Å²) in [5.74, 6) is 9.46. The lowest BCUT2D eigenvalue weighted by molar-refractivity contribution is 0.00977. The molecule has 9 unspecified atom stereocenters. The smallest absolute Gasteiger partial charge is 0.0135 e. The molecular formula is C15H23N. The van der Waals surface area contributed by atoms with E-state index < -0.39 is 0 Å². The lowest BCUT2D eigenvalue weighted by Gasteiger charge is -2.48. The van der Waals surface area contributed by atoms with E-state index in [0.29, 0.717) is 0 Å². The maximum absolute atomic E-state index is 3.96. The highest BCUT2D eigenvalue weighted by atomic mass is 15.0. The summed E-state index contributed by atoms with van der Waals surface area (Å²) in [7, 11) is 0. The first-order valence-corrected chi connectivity index (χ1v) is 7.65. The largest absolute Gasteiger partial charge is 0.313 e. The molecule has 0 aromatic rings. The molecule has 0 amide bonds. The van der Waals surface area contributed by atoms with Gasteiger partial charge >= 0.3 is 0 Å². The quantitative estimate of drug-likeness (QED) is 0.714. The van der Waals surface area contributed by atoms with Crippen LogP contribution in [0.2, 0.25) is 0 Å². The Bertz CT molecular complexity index is 332. The summed E-state index contributed by atoms with van der Waals surface area (Å²) in [6, 6.07) is 0.967. The molecule has 5 saturated carbocycles. The van der Waals surface area contributed by atoms with Gasteiger partial charge in [0.15, 0.2) is 0 Å². The lowest BCUT2D eigenvalue weighted by Crippen LogP contribution is -2.51. The second-order valence-corrected chi connectivity index (χ2v) is 7.27. The lowest BCUT2D eigenvalue weighted by atomic mass is 9.59. The number of hydrogen-bond donors (Lipinski definition) is 1. The van der Waals surface area contributed by atoms with Gasteiger partial charge in [-0.2, -0.15) is 0 Å². The Morgan fingerprint density at radius 3 is 2.44 bits per heavy atom. The molecule has 5 aliphatic rings. The summed E-state index contributed by atoms with van der Waals surface area (Å²) >= 11 is 0. The molecular weight excluding hydrogens is 194 g/mol. The summed E-state index contributed by atoms with van der Waals surface area (Å²) in [5, 5.41) is 3.96. The van der Waals surface area contributed by atoms with Gasteiger partial charge in [-0.05, 0) is 73.2 Å². The van der Waals surface area contributed by atoms with Crippen molar-refractivity contribution in [3.05, 3.63) is 0 Å². The first-order chi connectivity index (χ1) is 7.92. The number of fused-ring (bicyclic) bond motifs is 2. The molecule has 5 aliphatic carbocycles. The minimum absolute atomic E-state index is 0.967. The van der Waals surface area contributed by atoms with Gasteiger partial charge in [0.25, 0.3) is 0 Å². The fourth-order valence-corrected chi connectivity index (χ4v) is 7.19. The number of rotatable bonds is 4. The van der Waals surface area contributed by atoms with Gasteiger partial charge in [-0.25, -0.2) is 0 Å². The van der Waals surface area contributed by atoms with Gasteiger partial charge in [0.1, 0.15) is 0 Å². The molecule has 0 saturated heterocycles. The van der Waals surface area contributed by atoms with Crippen molar-refractivity contribution in [3.8, 4) is 0 Å². The molecule has 2 bridgehead atoms. The highest BCUT2D eigenvalue weighted by molar-refractivity contribution is 5.29. The Labute approximate surface area is 98.4 Å². The van der Waals surface area contributed by atoms with Crippen LogP contribution in [0.3, 0.4) is 0 Å². The van der Waals surface area contributed by atoms with Crippen LogP contribution >= 0.6 is 0 Å². The van der Waals surface area contributed by atoms with Gasteiger partial charge in [-0.15, -0.1) is 0 Å². The molecule has 1 heteroatoms. The fourth-order valence-electron chi connectivity index (χ4n) is 7.19. The van der Waals surface area contributed by atoms with Crippen molar-refractivity contribution < 1.29 is 0 Å². The third-order valence-electron chi connectivity index (χ3n) is 7.23. The van der Waals surface area contributed by atoms with Crippen molar-refractivity contribution in [2.45, 2.75) is 38.6 Å². The Morgan fingerprint density at radius 2 is 1.62 bits per heavy atom. The molecule has 0 aromatic heterocycles. The van der Waals surface area contributed by atoms with Crippen LogP contribution in [-0.4, -0.2) is 12.6 Å². The maximum Gasteiger partial charge on any atom is 0.0135 e. The van der Waals surface area contributed by atoms with Crippen LogP contribution in [0, 0.1) is 47.3 Å². The van der Waals surface area contributed by atoms with E-state index in [4.69, 9.17) is 0 Å². The van der Waals surface area contributed by atoms with Gasteiger partial charge in [-0.3, -0.25) is 0 Å². The predicted molar refractivity (Wildman–Crippen MR) is 63.9 cm³/mol. The minimum atomic E-state index is 0.967. The molecule has 88 valence electrons. The van der Waals surface area contributed by atoms with Crippen molar-refractivity contribution in [3.63, 3.8) is 0 Å². The molecule has 0 spiro atoms. The van der Waals surface area contributed by atoms with E-state index in [1.54, 1.807) is 12.8 Å². The Kier molecular flexibility index (Phi) is 1.50. The topological polar surface area (TPSA) is 12.0 Å². The van der Waals surface area contributed by atoms with Crippen LogP contribution in [0.4, 0.5) is 0 Å². The van der Waals surface area contributed by atoms with Gasteiger partial charge in [0, 0.05) is 6.04 Å². The van der Waals surface area contributed by atoms with Gasteiger partial charge < -0.3 is 5.32 Å². The summed E-state index contributed by atoms with van der Waals surface area (Å²) in [4.78, 5) is 0. The van der Waals surface area contributed by atoms with E-state index in [2.05, 4.69) is 12.2 Å². The summed E-state index contributed by atoms with van der Waals surface area (Å²) < 4.78 is 0. The summed E-state index contributed by atoms with van der Waals surface area (Å²) in [6.07, 6.45) is 6.01. The normalized spacial score (nSPS) is 66.9. The van der Waals surface area contributed by atoms with Crippen molar-refractivity contribution in [2.24, 2.45) is 47.3 Å². The summed E-state index contributed by atoms with van der Waals surface area (Å²) in [5.41, 5.74) is 0. The second kappa shape index (κ2) is 2.68. The molecule has 9 atom stereocenters. The highest BCUT2D eigenvalue weighted by Crippen LogP contribution is 2.82. The zero-order chi connectivity index (χ0) is 10.4.